The fraction of sp³-hybridized carbons (Fsp3) is 1.00. The van der Waals surface area contributed by atoms with E-state index in [1.165, 1.54) is 71.1 Å². The summed E-state index contributed by atoms with van der Waals surface area (Å²) in [4.78, 5) is 2.67. The van der Waals surface area contributed by atoms with Gasteiger partial charge in [-0.05, 0) is 70.7 Å². The SMILES string of the molecule is CNCCCN1CCC2(CCCC2)CC1. The monoisotopic (exact) mass is 210 g/mol. The topological polar surface area (TPSA) is 15.3 Å². The van der Waals surface area contributed by atoms with Gasteiger partial charge in [-0.1, -0.05) is 12.8 Å². The quantitative estimate of drug-likeness (QED) is 0.716. The third-order valence-electron chi connectivity index (χ3n) is 4.48. The van der Waals surface area contributed by atoms with Gasteiger partial charge in [-0.3, -0.25) is 0 Å². The Hall–Kier alpha value is -0.0800. The van der Waals surface area contributed by atoms with Crippen LogP contribution in [0.3, 0.4) is 0 Å². The minimum atomic E-state index is 0.791. The molecule has 15 heavy (non-hydrogen) atoms. The molecule has 1 saturated carbocycles. The van der Waals surface area contributed by atoms with Crippen molar-refractivity contribution in [3.8, 4) is 0 Å². The fourth-order valence-corrected chi connectivity index (χ4v) is 3.36. The second kappa shape index (κ2) is 5.31. The van der Waals surface area contributed by atoms with Gasteiger partial charge >= 0.3 is 0 Å². The van der Waals surface area contributed by atoms with Crippen LogP contribution in [-0.4, -0.2) is 38.1 Å². The van der Waals surface area contributed by atoms with Gasteiger partial charge in [0.1, 0.15) is 0 Å². The summed E-state index contributed by atoms with van der Waals surface area (Å²) in [6, 6.07) is 0. The molecule has 1 aliphatic carbocycles. The average molecular weight is 210 g/mol. The molecule has 0 radical (unpaired) electrons. The summed E-state index contributed by atoms with van der Waals surface area (Å²) in [5.41, 5.74) is 0.791. The van der Waals surface area contributed by atoms with E-state index in [0.717, 1.165) is 5.41 Å². The molecule has 2 fully saturated rings. The first-order chi connectivity index (χ1) is 7.35. The molecule has 1 aliphatic heterocycles. The highest BCUT2D eigenvalue weighted by atomic mass is 15.1. The van der Waals surface area contributed by atoms with Crippen LogP contribution in [0.25, 0.3) is 0 Å². The van der Waals surface area contributed by atoms with Crippen molar-refractivity contribution < 1.29 is 0 Å². The first-order valence-electron chi connectivity index (χ1n) is 6.72. The maximum absolute atomic E-state index is 3.23. The third kappa shape index (κ3) is 2.94. The molecule has 2 heteroatoms. The zero-order valence-corrected chi connectivity index (χ0v) is 10.2. The summed E-state index contributed by atoms with van der Waals surface area (Å²) in [6.45, 7) is 5.20. The van der Waals surface area contributed by atoms with Crippen molar-refractivity contribution in [2.75, 3.05) is 33.2 Å². The highest BCUT2D eigenvalue weighted by Crippen LogP contribution is 2.45. The highest BCUT2D eigenvalue weighted by molar-refractivity contribution is 4.89. The zero-order valence-electron chi connectivity index (χ0n) is 10.2. The summed E-state index contributed by atoms with van der Waals surface area (Å²) >= 11 is 0. The fourth-order valence-electron chi connectivity index (χ4n) is 3.36. The smallest absolute Gasteiger partial charge is 0.000663 e. The number of hydrogen-bond acceptors (Lipinski definition) is 2. The number of piperidine rings is 1. The molecule has 0 aromatic heterocycles. The lowest BCUT2D eigenvalue weighted by atomic mass is 9.77. The number of likely N-dealkylation sites (tertiary alicyclic amines) is 1. The van der Waals surface area contributed by atoms with Gasteiger partial charge in [0.05, 0.1) is 0 Å². The summed E-state index contributed by atoms with van der Waals surface area (Å²) < 4.78 is 0. The summed E-state index contributed by atoms with van der Waals surface area (Å²) in [5.74, 6) is 0. The lowest BCUT2D eigenvalue weighted by Crippen LogP contribution is -2.39. The number of nitrogens with one attached hydrogen (secondary N) is 1. The molecule has 0 aromatic rings. The molecule has 0 aromatic carbocycles. The lowest BCUT2D eigenvalue weighted by molar-refractivity contribution is 0.108. The van der Waals surface area contributed by atoms with E-state index in [2.05, 4.69) is 10.2 Å². The summed E-state index contributed by atoms with van der Waals surface area (Å²) in [5, 5.41) is 3.23. The van der Waals surface area contributed by atoms with E-state index >= 15 is 0 Å². The van der Waals surface area contributed by atoms with E-state index in [-0.39, 0.29) is 0 Å². The Balaban J connectivity index is 1.67. The molecule has 1 N–H and O–H groups in total. The third-order valence-corrected chi connectivity index (χ3v) is 4.48. The summed E-state index contributed by atoms with van der Waals surface area (Å²) in [7, 11) is 2.05. The highest BCUT2D eigenvalue weighted by Gasteiger charge is 2.36. The van der Waals surface area contributed by atoms with Gasteiger partial charge in [0, 0.05) is 0 Å². The van der Waals surface area contributed by atoms with E-state index in [1.54, 1.807) is 0 Å². The molecule has 2 nitrogen and oxygen atoms in total. The van der Waals surface area contributed by atoms with Crippen LogP contribution in [0.1, 0.15) is 44.9 Å². The molecule has 1 spiro atoms. The second-order valence-corrected chi connectivity index (χ2v) is 5.51. The number of nitrogens with zero attached hydrogens (tertiary/aromatic N) is 1. The van der Waals surface area contributed by atoms with E-state index < -0.39 is 0 Å². The van der Waals surface area contributed by atoms with Gasteiger partial charge in [0.15, 0.2) is 0 Å². The second-order valence-electron chi connectivity index (χ2n) is 5.51. The standard InChI is InChI=1S/C13H26N2/c1-14-9-4-10-15-11-7-13(8-12-15)5-2-3-6-13/h14H,2-12H2,1H3. The average Bonchev–Trinajstić information content (AvgIpc) is 2.71. The Labute approximate surface area is 94.4 Å². The molecule has 0 unspecified atom stereocenters. The molecule has 0 atom stereocenters. The Bertz CT molecular complexity index is 175. The maximum Gasteiger partial charge on any atom is -0.000663 e. The molecule has 2 aliphatic rings. The van der Waals surface area contributed by atoms with Crippen LogP contribution < -0.4 is 5.32 Å². The van der Waals surface area contributed by atoms with Crippen LogP contribution in [0, 0.1) is 5.41 Å². The first-order valence-corrected chi connectivity index (χ1v) is 6.72. The molecule has 1 saturated heterocycles. The minimum absolute atomic E-state index is 0.791. The van der Waals surface area contributed by atoms with Gasteiger partial charge in [-0.15, -0.1) is 0 Å². The predicted molar refractivity (Wildman–Crippen MR) is 65.1 cm³/mol. The van der Waals surface area contributed by atoms with Gasteiger partial charge < -0.3 is 10.2 Å². The summed E-state index contributed by atoms with van der Waals surface area (Å²) in [6.07, 6.45) is 10.3. The van der Waals surface area contributed by atoms with Crippen molar-refractivity contribution in [3.63, 3.8) is 0 Å². The first kappa shape index (κ1) is 11.4. The van der Waals surface area contributed by atoms with E-state index in [1.807, 2.05) is 7.05 Å². The van der Waals surface area contributed by atoms with Gasteiger partial charge in [0.25, 0.3) is 0 Å². The lowest BCUT2D eigenvalue weighted by Gasteiger charge is -2.39. The van der Waals surface area contributed by atoms with Crippen molar-refractivity contribution in [2.45, 2.75) is 44.9 Å². The molecular weight excluding hydrogens is 184 g/mol. The predicted octanol–water partition coefficient (Wildman–Crippen LogP) is 2.25. The van der Waals surface area contributed by atoms with E-state index in [0.29, 0.717) is 0 Å². The van der Waals surface area contributed by atoms with Gasteiger partial charge in [-0.2, -0.15) is 0 Å². The van der Waals surface area contributed by atoms with Crippen molar-refractivity contribution in [2.24, 2.45) is 5.41 Å². The van der Waals surface area contributed by atoms with Crippen LogP contribution in [0.2, 0.25) is 0 Å². The maximum atomic E-state index is 3.23. The molecule has 88 valence electrons. The van der Waals surface area contributed by atoms with Gasteiger partial charge in [-0.25, -0.2) is 0 Å². The molecule has 2 rings (SSSR count). The van der Waals surface area contributed by atoms with Crippen LogP contribution in [-0.2, 0) is 0 Å². The molecule has 0 bridgehead atoms. The van der Waals surface area contributed by atoms with Crippen molar-refractivity contribution in [1.82, 2.24) is 10.2 Å². The number of rotatable bonds is 4. The van der Waals surface area contributed by atoms with Crippen LogP contribution in [0.15, 0.2) is 0 Å². The zero-order chi connectivity index (χ0) is 10.6. The van der Waals surface area contributed by atoms with Gasteiger partial charge in [0.2, 0.25) is 0 Å². The molecule has 1 heterocycles. The number of hydrogen-bond donors (Lipinski definition) is 1. The largest absolute Gasteiger partial charge is 0.320 e. The molecule has 0 amide bonds. The van der Waals surface area contributed by atoms with Crippen molar-refractivity contribution >= 4 is 0 Å². The van der Waals surface area contributed by atoms with Crippen LogP contribution >= 0.6 is 0 Å². The van der Waals surface area contributed by atoms with Crippen LogP contribution in [0.5, 0.6) is 0 Å². The Morgan fingerprint density at radius 1 is 1.07 bits per heavy atom. The Morgan fingerprint density at radius 2 is 1.73 bits per heavy atom. The van der Waals surface area contributed by atoms with Crippen molar-refractivity contribution in [3.05, 3.63) is 0 Å². The molecular formula is C13H26N2. The van der Waals surface area contributed by atoms with E-state index in [4.69, 9.17) is 0 Å². The Kier molecular flexibility index (Phi) is 4.04. The van der Waals surface area contributed by atoms with Crippen LogP contribution in [0.4, 0.5) is 0 Å². The van der Waals surface area contributed by atoms with E-state index in [9.17, 15) is 0 Å². The van der Waals surface area contributed by atoms with Crippen molar-refractivity contribution in [1.29, 1.82) is 0 Å². The normalized spacial score (nSPS) is 26.2. The minimum Gasteiger partial charge on any atom is -0.320 e. The Morgan fingerprint density at radius 3 is 2.33 bits per heavy atom.